The van der Waals surface area contributed by atoms with E-state index in [2.05, 4.69) is 11.8 Å². The molecule has 0 aromatic carbocycles. The zero-order valence-corrected chi connectivity index (χ0v) is 11.5. The Morgan fingerprint density at radius 1 is 1.39 bits per heavy atom. The third-order valence-corrected chi connectivity index (χ3v) is 2.92. The monoisotopic (exact) mass is 256 g/mol. The minimum Gasteiger partial charge on any atom is -0.468 e. The maximum absolute atomic E-state index is 5.57. The van der Waals surface area contributed by atoms with Gasteiger partial charge >= 0.3 is 0 Å². The highest BCUT2D eigenvalue weighted by molar-refractivity contribution is 5.12. The van der Waals surface area contributed by atoms with Crippen LogP contribution >= 0.6 is 0 Å². The average Bonchev–Trinajstić information content (AvgIpc) is 2.82. The van der Waals surface area contributed by atoms with Crippen LogP contribution in [0.2, 0.25) is 0 Å². The molecule has 104 valence electrons. The van der Waals surface area contributed by atoms with E-state index in [0.29, 0.717) is 25.8 Å². The van der Waals surface area contributed by atoms with Crippen molar-refractivity contribution in [3.63, 3.8) is 0 Å². The summed E-state index contributed by atoms with van der Waals surface area (Å²) in [7, 11) is 3.42. The van der Waals surface area contributed by atoms with E-state index in [-0.39, 0.29) is 0 Å². The maximum atomic E-state index is 5.57. The standard InChI is InChI=1S/C13H24N2O3/c1-11(9-17-3)15(4-5-16-2)8-13-6-12(7-14)10-18-13/h6,10-11H,4-5,7-9,14H2,1-3H3. The summed E-state index contributed by atoms with van der Waals surface area (Å²) in [5.74, 6) is 0.925. The number of hydrogen-bond acceptors (Lipinski definition) is 5. The van der Waals surface area contributed by atoms with E-state index in [0.717, 1.165) is 24.4 Å². The first-order valence-corrected chi connectivity index (χ1v) is 6.19. The van der Waals surface area contributed by atoms with Crippen molar-refractivity contribution in [2.75, 3.05) is 34.0 Å². The van der Waals surface area contributed by atoms with Crippen LogP contribution in [0.5, 0.6) is 0 Å². The molecular formula is C13H24N2O3. The van der Waals surface area contributed by atoms with Crippen molar-refractivity contribution in [2.24, 2.45) is 5.73 Å². The molecule has 0 bridgehead atoms. The Kier molecular flexibility index (Phi) is 6.97. The smallest absolute Gasteiger partial charge is 0.118 e. The second-order valence-electron chi connectivity index (χ2n) is 4.39. The van der Waals surface area contributed by atoms with Crippen LogP contribution in [0.3, 0.4) is 0 Å². The van der Waals surface area contributed by atoms with Gasteiger partial charge in [-0.25, -0.2) is 0 Å². The molecule has 18 heavy (non-hydrogen) atoms. The van der Waals surface area contributed by atoms with E-state index in [1.54, 1.807) is 20.5 Å². The number of ether oxygens (including phenoxy) is 2. The van der Waals surface area contributed by atoms with Gasteiger partial charge in [-0.1, -0.05) is 0 Å². The second kappa shape index (κ2) is 8.26. The van der Waals surface area contributed by atoms with E-state index < -0.39 is 0 Å². The van der Waals surface area contributed by atoms with Gasteiger partial charge in [-0.15, -0.1) is 0 Å². The summed E-state index contributed by atoms with van der Waals surface area (Å²) in [4.78, 5) is 2.27. The van der Waals surface area contributed by atoms with E-state index in [9.17, 15) is 0 Å². The highest BCUT2D eigenvalue weighted by atomic mass is 16.5. The van der Waals surface area contributed by atoms with E-state index in [4.69, 9.17) is 19.6 Å². The predicted octanol–water partition coefficient (Wildman–Crippen LogP) is 1.22. The first-order valence-electron chi connectivity index (χ1n) is 6.19. The van der Waals surface area contributed by atoms with Gasteiger partial charge < -0.3 is 19.6 Å². The lowest BCUT2D eigenvalue weighted by atomic mass is 10.2. The van der Waals surface area contributed by atoms with Crippen LogP contribution in [0.15, 0.2) is 16.7 Å². The highest BCUT2D eigenvalue weighted by Crippen LogP contribution is 2.12. The molecule has 1 aromatic rings. The molecule has 0 saturated heterocycles. The Hall–Kier alpha value is -0.880. The summed E-state index contributed by atoms with van der Waals surface area (Å²) in [5.41, 5.74) is 6.59. The molecule has 1 atom stereocenters. The van der Waals surface area contributed by atoms with E-state index in [1.807, 2.05) is 6.07 Å². The minimum absolute atomic E-state index is 0.316. The van der Waals surface area contributed by atoms with Gasteiger partial charge in [0.1, 0.15) is 5.76 Å². The van der Waals surface area contributed by atoms with Crippen LogP contribution in [-0.4, -0.2) is 44.9 Å². The summed E-state index contributed by atoms with van der Waals surface area (Å²) >= 11 is 0. The fraction of sp³-hybridized carbons (Fsp3) is 0.692. The summed E-state index contributed by atoms with van der Waals surface area (Å²) in [6, 6.07) is 2.32. The molecule has 0 radical (unpaired) electrons. The Bertz CT molecular complexity index is 328. The van der Waals surface area contributed by atoms with Gasteiger partial charge in [-0.2, -0.15) is 0 Å². The van der Waals surface area contributed by atoms with E-state index >= 15 is 0 Å². The van der Waals surface area contributed by atoms with Crippen molar-refractivity contribution in [3.05, 3.63) is 23.7 Å². The van der Waals surface area contributed by atoms with Gasteiger partial charge in [0, 0.05) is 38.9 Å². The Morgan fingerprint density at radius 2 is 2.17 bits per heavy atom. The van der Waals surface area contributed by atoms with Crippen LogP contribution in [0, 0.1) is 0 Å². The largest absolute Gasteiger partial charge is 0.468 e. The van der Waals surface area contributed by atoms with Crippen LogP contribution < -0.4 is 5.73 Å². The Morgan fingerprint density at radius 3 is 2.72 bits per heavy atom. The zero-order valence-electron chi connectivity index (χ0n) is 11.5. The van der Waals surface area contributed by atoms with Gasteiger partial charge in [0.05, 0.1) is 26.0 Å². The Labute approximate surface area is 109 Å². The molecule has 0 fully saturated rings. The van der Waals surface area contributed by atoms with Crippen molar-refractivity contribution in [2.45, 2.75) is 26.1 Å². The molecule has 1 rings (SSSR count). The van der Waals surface area contributed by atoms with Crippen LogP contribution in [0.4, 0.5) is 0 Å². The van der Waals surface area contributed by atoms with Crippen LogP contribution in [-0.2, 0) is 22.6 Å². The number of nitrogens with zero attached hydrogens (tertiary/aromatic N) is 1. The topological polar surface area (TPSA) is 60.9 Å². The van der Waals surface area contributed by atoms with Crippen LogP contribution in [0.25, 0.3) is 0 Å². The molecule has 0 aliphatic rings. The molecule has 0 amide bonds. The number of methoxy groups -OCH3 is 2. The molecule has 2 N–H and O–H groups in total. The van der Waals surface area contributed by atoms with Crippen molar-refractivity contribution in [1.29, 1.82) is 0 Å². The fourth-order valence-corrected chi connectivity index (χ4v) is 1.83. The van der Waals surface area contributed by atoms with Crippen molar-refractivity contribution >= 4 is 0 Å². The molecule has 1 unspecified atom stereocenters. The van der Waals surface area contributed by atoms with Gasteiger partial charge in [-0.3, -0.25) is 4.90 Å². The summed E-state index contributed by atoms with van der Waals surface area (Å²) < 4.78 is 15.8. The van der Waals surface area contributed by atoms with Crippen molar-refractivity contribution in [1.82, 2.24) is 4.90 Å². The van der Waals surface area contributed by atoms with Gasteiger partial charge in [0.2, 0.25) is 0 Å². The average molecular weight is 256 g/mol. The lowest BCUT2D eigenvalue weighted by Gasteiger charge is -2.27. The summed E-state index contributed by atoms with van der Waals surface area (Å²) in [6.45, 7) is 5.61. The SMILES string of the molecule is COCCN(Cc1cc(CN)co1)C(C)COC. The summed E-state index contributed by atoms with van der Waals surface area (Å²) in [5, 5.41) is 0. The quantitative estimate of drug-likeness (QED) is 0.720. The molecule has 1 aromatic heterocycles. The molecular weight excluding hydrogens is 232 g/mol. The van der Waals surface area contributed by atoms with Gasteiger partial charge in [0.15, 0.2) is 0 Å². The second-order valence-corrected chi connectivity index (χ2v) is 4.39. The van der Waals surface area contributed by atoms with Crippen LogP contribution in [0.1, 0.15) is 18.2 Å². The molecule has 0 spiro atoms. The third-order valence-electron chi connectivity index (χ3n) is 2.92. The lowest BCUT2D eigenvalue weighted by molar-refractivity contribution is 0.0664. The molecule has 0 aliphatic heterocycles. The number of furan rings is 1. The molecule has 0 saturated carbocycles. The number of nitrogens with two attached hydrogens (primary N) is 1. The van der Waals surface area contributed by atoms with Gasteiger partial charge in [-0.05, 0) is 13.0 Å². The predicted molar refractivity (Wildman–Crippen MR) is 70.2 cm³/mol. The van der Waals surface area contributed by atoms with Crippen molar-refractivity contribution < 1.29 is 13.9 Å². The number of rotatable bonds is 9. The van der Waals surface area contributed by atoms with Crippen molar-refractivity contribution in [3.8, 4) is 0 Å². The normalized spacial score (nSPS) is 13.2. The highest BCUT2D eigenvalue weighted by Gasteiger charge is 2.15. The summed E-state index contributed by atoms with van der Waals surface area (Å²) in [6.07, 6.45) is 1.71. The van der Waals surface area contributed by atoms with Gasteiger partial charge in [0.25, 0.3) is 0 Å². The molecule has 5 heteroatoms. The third kappa shape index (κ3) is 4.78. The molecule has 0 aliphatic carbocycles. The molecule has 5 nitrogen and oxygen atoms in total. The zero-order chi connectivity index (χ0) is 13.4. The molecule has 1 heterocycles. The maximum Gasteiger partial charge on any atom is 0.118 e. The first kappa shape index (κ1) is 15.2. The lowest BCUT2D eigenvalue weighted by Crippen LogP contribution is -2.37. The fourth-order valence-electron chi connectivity index (χ4n) is 1.83. The Balaban J connectivity index is 2.58. The minimum atomic E-state index is 0.316. The number of hydrogen-bond donors (Lipinski definition) is 1. The van der Waals surface area contributed by atoms with E-state index in [1.165, 1.54) is 0 Å². The first-order chi connectivity index (χ1) is 8.71.